The third-order valence-electron chi connectivity index (χ3n) is 4.19. The van der Waals surface area contributed by atoms with E-state index >= 15 is 0 Å². The van der Waals surface area contributed by atoms with Crippen molar-refractivity contribution in [1.82, 2.24) is 9.55 Å². The quantitative estimate of drug-likeness (QED) is 0.861. The Bertz CT molecular complexity index is 655. The zero-order valence-electron chi connectivity index (χ0n) is 12.6. The van der Waals surface area contributed by atoms with Gasteiger partial charge in [0.15, 0.2) is 0 Å². The topological polar surface area (TPSA) is 38.0 Å². The molecule has 0 saturated carbocycles. The van der Waals surface area contributed by atoms with Crippen molar-refractivity contribution in [2.75, 3.05) is 0 Å². The SMILES string of the molecule is Cc1cncc(-n2c(C)cc3c2CC(C)(C)CC3O)c1. The fourth-order valence-electron chi connectivity index (χ4n) is 3.36. The number of aryl methyl sites for hydroxylation is 2. The van der Waals surface area contributed by atoms with Crippen molar-refractivity contribution in [2.45, 2.75) is 46.6 Å². The lowest BCUT2D eigenvalue weighted by Gasteiger charge is -2.34. The van der Waals surface area contributed by atoms with Gasteiger partial charge in [-0.2, -0.15) is 0 Å². The van der Waals surface area contributed by atoms with Gasteiger partial charge in [-0.1, -0.05) is 13.8 Å². The molecule has 0 saturated heterocycles. The zero-order chi connectivity index (χ0) is 14.5. The maximum atomic E-state index is 10.4. The van der Waals surface area contributed by atoms with Gasteiger partial charge in [0.1, 0.15) is 0 Å². The van der Waals surface area contributed by atoms with Gasteiger partial charge in [0.2, 0.25) is 0 Å². The maximum Gasteiger partial charge on any atom is 0.0812 e. The van der Waals surface area contributed by atoms with Crippen LogP contribution in [0.3, 0.4) is 0 Å². The highest BCUT2D eigenvalue weighted by atomic mass is 16.3. The monoisotopic (exact) mass is 270 g/mol. The first-order chi connectivity index (χ1) is 9.37. The first-order valence-corrected chi connectivity index (χ1v) is 7.19. The van der Waals surface area contributed by atoms with Crippen LogP contribution in [-0.4, -0.2) is 14.7 Å². The number of hydrogen-bond donors (Lipinski definition) is 1. The van der Waals surface area contributed by atoms with Gasteiger partial charge in [0, 0.05) is 23.1 Å². The number of fused-ring (bicyclic) bond motifs is 1. The smallest absolute Gasteiger partial charge is 0.0812 e. The van der Waals surface area contributed by atoms with E-state index in [1.165, 1.54) is 11.4 Å². The van der Waals surface area contributed by atoms with Crippen molar-refractivity contribution >= 4 is 0 Å². The third kappa shape index (κ3) is 2.16. The lowest BCUT2D eigenvalue weighted by molar-refractivity contribution is 0.0987. The summed E-state index contributed by atoms with van der Waals surface area (Å²) in [6, 6.07) is 4.27. The molecule has 0 amide bonds. The zero-order valence-corrected chi connectivity index (χ0v) is 12.6. The number of aliphatic hydroxyl groups excluding tert-OH is 1. The van der Waals surface area contributed by atoms with Gasteiger partial charge in [-0.05, 0) is 49.8 Å². The van der Waals surface area contributed by atoms with Crippen LogP contribution in [0.25, 0.3) is 5.69 Å². The van der Waals surface area contributed by atoms with Gasteiger partial charge in [-0.15, -0.1) is 0 Å². The minimum absolute atomic E-state index is 0.131. The van der Waals surface area contributed by atoms with Crippen LogP contribution < -0.4 is 0 Å². The normalized spacial score (nSPS) is 20.8. The molecule has 1 atom stereocenters. The third-order valence-corrected chi connectivity index (χ3v) is 4.19. The summed E-state index contributed by atoms with van der Waals surface area (Å²) in [6.45, 7) is 8.60. The lowest BCUT2D eigenvalue weighted by Crippen LogP contribution is -2.26. The molecule has 1 unspecified atom stereocenters. The lowest BCUT2D eigenvalue weighted by atomic mass is 9.75. The Balaban J connectivity index is 2.19. The predicted octanol–water partition coefficient (Wildman–Crippen LogP) is 3.49. The highest BCUT2D eigenvalue weighted by Gasteiger charge is 2.34. The van der Waals surface area contributed by atoms with E-state index in [1.54, 1.807) is 0 Å². The number of nitrogens with zero attached hydrogens (tertiary/aromatic N) is 2. The summed E-state index contributed by atoms with van der Waals surface area (Å²) in [5, 5.41) is 10.4. The van der Waals surface area contributed by atoms with E-state index in [9.17, 15) is 5.11 Å². The van der Waals surface area contributed by atoms with Gasteiger partial charge in [-0.3, -0.25) is 4.98 Å². The number of aromatic nitrogens is 2. The Hall–Kier alpha value is -1.61. The summed E-state index contributed by atoms with van der Waals surface area (Å²) >= 11 is 0. The molecule has 20 heavy (non-hydrogen) atoms. The van der Waals surface area contributed by atoms with Gasteiger partial charge in [-0.25, -0.2) is 0 Å². The van der Waals surface area contributed by atoms with E-state index < -0.39 is 0 Å². The Morgan fingerprint density at radius 1 is 1.25 bits per heavy atom. The predicted molar refractivity (Wildman–Crippen MR) is 80.1 cm³/mol. The number of rotatable bonds is 1. The molecular formula is C17H22N2O. The van der Waals surface area contributed by atoms with E-state index in [2.05, 4.69) is 49.4 Å². The Morgan fingerprint density at radius 2 is 2.00 bits per heavy atom. The average molecular weight is 270 g/mol. The van der Waals surface area contributed by atoms with Crippen LogP contribution in [0, 0.1) is 19.3 Å². The molecule has 0 aromatic carbocycles. The molecule has 0 aliphatic heterocycles. The van der Waals surface area contributed by atoms with E-state index in [4.69, 9.17) is 0 Å². The maximum absolute atomic E-state index is 10.4. The van der Waals surface area contributed by atoms with Crippen LogP contribution in [-0.2, 0) is 6.42 Å². The molecule has 106 valence electrons. The average Bonchev–Trinajstić information content (AvgIpc) is 2.64. The molecule has 3 heteroatoms. The van der Waals surface area contributed by atoms with Crippen molar-refractivity contribution in [3.63, 3.8) is 0 Å². The van der Waals surface area contributed by atoms with E-state index in [0.29, 0.717) is 0 Å². The van der Waals surface area contributed by atoms with Gasteiger partial charge in [0.05, 0.1) is 18.0 Å². The second-order valence-electron chi connectivity index (χ2n) is 6.80. The van der Waals surface area contributed by atoms with Crippen LogP contribution in [0.5, 0.6) is 0 Å². The number of aliphatic hydroxyl groups is 1. The molecule has 3 nitrogen and oxygen atoms in total. The molecule has 0 spiro atoms. The first-order valence-electron chi connectivity index (χ1n) is 7.19. The van der Waals surface area contributed by atoms with Crippen molar-refractivity contribution < 1.29 is 5.11 Å². The van der Waals surface area contributed by atoms with Crippen LogP contribution in [0.1, 0.15) is 48.9 Å². The molecule has 1 aliphatic rings. The molecule has 1 aliphatic carbocycles. The molecule has 0 radical (unpaired) electrons. The molecule has 2 heterocycles. The van der Waals surface area contributed by atoms with Gasteiger partial charge in [0.25, 0.3) is 0 Å². The second-order valence-corrected chi connectivity index (χ2v) is 6.80. The summed E-state index contributed by atoms with van der Waals surface area (Å²) < 4.78 is 2.25. The first kappa shape index (κ1) is 13.4. The van der Waals surface area contributed by atoms with E-state index in [1.807, 2.05) is 12.4 Å². The minimum atomic E-state index is -0.355. The summed E-state index contributed by atoms with van der Waals surface area (Å²) in [5.74, 6) is 0. The van der Waals surface area contributed by atoms with E-state index in [-0.39, 0.29) is 11.5 Å². The Kier molecular flexibility index (Phi) is 2.98. The minimum Gasteiger partial charge on any atom is -0.388 e. The van der Waals surface area contributed by atoms with Crippen LogP contribution in [0.15, 0.2) is 24.5 Å². The summed E-state index contributed by atoms with van der Waals surface area (Å²) in [5.41, 5.74) is 5.86. The molecule has 3 rings (SSSR count). The molecule has 0 fully saturated rings. The van der Waals surface area contributed by atoms with Crippen molar-refractivity contribution in [3.05, 3.63) is 47.0 Å². The summed E-state index contributed by atoms with van der Waals surface area (Å²) in [7, 11) is 0. The fourth-order valence-corrected chi connectivity index (χ4v) is 3.36. The van der Waals surface area contributed by atoms with Crippen molar-refractivity contribution in [2.24, 2.45) is 5.41 Å². The van der Waals surface area contributed by atoms with Crippen LogP contribution in [0.2, 0.25) is 0 Å². The Labute approximate surface area is 120 Å². The molecule has 2 aromatic rings. The molecule has 2 aromatic heterocycles. The largest absolute Gasteiger partial charge is 0.388 e. The summed E-state index contributed by atoms with van der Waals surface area (Å²) in [4.78, 5) is 4.30. The number of hydrogen-bond acceptors (Lipinski definition) is 2. The van der Waals surface area contributed by atoms with Gasteiger partial charge >= 0.3 is 0 Å². The highest BCUT2D eigenvalue weighted by Crippen LogP contribution is 2.42. The van der Waals surface area contributed by atoms with Crippen molar-refractivity contribution in [1.29, 1.82) is 0 Å². The highest BCUT2D eigenvalue weighted by molar-refractivity contribution is 5.43. The van der Waals surface area contributed by atoms with Crippen molar-refractivity contribution in [3.8, 4) is 5.69 Å². The van der Waals surface area contributed by atoms with Crippen LogP contribution >= 0.6 is 0 Å². The molecular weight excluding hydrogens is 248 g/mol. The van der Waals surface area contributed by atoms with Gasteiger partial charge < -0.3 is 9.67 Å². The van der Waals surface area contributed by atoms with E-state index in [0.717, 1.165) is 29.7 Å². The molecule has 1 N–H and O–H groups in total. The van der Waals surface area contributed by atoms with Crippen LogP contribution in [0.4, 0.5) is 0 Å². The second kappa shape index (κ2) is 4.45. The standard InChI is InChI=1S/C17H22N2O/c1-11-5-13(10-18-9-11)19-12(2)6-14-15(19)7-17(3,4)8-16(14)20/h5-6,9-10,16,20H,7-8H2,1-4H3. The number of pyridine rings is 1. The fraction of sp³-hybridized carbons (Fsp3) is 0.471. The summed E-state index contributed by atoms with van der Waals surface area (Å²) in [6.07, 6.45) is 5.23. The Morgan fingerprint density at radius 3 is 2.70 bits per heavy atom. The molecule has 0 bridgehead atoms.